The lowest BCUT2D eigenvalue weighted by Crippen LogP contribution is -2.42. The first kappa shape index (κ1) is 14.5. The van der Waals surface area contributed by atoms with Crippen molar-refractivity contribution in [1.82, 2.24) is 0 Å². The Bertz CT molecular complexity index is 449. The molecule has 0 unspecified atom stereocenters. The summed E-state index contributed by atoms with van der Waals surface area (Å²) in [5.74, 6) is 0. The van der Waals surface area contributed by atoms with Crippen LogP contribution in [0.2, 0.25) is 5.02 Å². The fourth-order valence-corrected chi connectivity index (χ4v) is 2.69. The van der Waals surface area contributed by atoms with Crippen molar-refractivity contribution in [2.45, 2.75) is 45.1 Å². The molecule has 0 aliphatic heterocycles. The van der Waals surface area contributed by atoms with Crippen molar-refractivity contribution in [1.29, 1.82) is 0 Å². The SMILES string of the molecule is CC1(C)CCC(O)(CNc2cccc(Cl)c2N)CC1. The van der Waals surface area contributed by atoms with Crippen LogP contribution in [0.25, 0.3) is 0 Å². The van der Waals surface area contributed by atoms with Gasteiger partial charge in [-0.1, -0.05) is 31.5 Å². The third kappa shape index (κ3) is 3.54. The van der Waals surface area contributed by atoms with Crippen LogP contribution >= 0.6 is 11.6 Å². The quantitative estimate of drug-likeness (QED) is 0.742. The minimum atomic E-state index is -0.635. The van der Waals surface area contributed by atoms with Crippen molar-refractivity contribution in [3.8, 4) is 0 Å². The zero-order valence-electron chi connectivity index (χ0n) is 11.7. The van der Waals surface area contributed by atoms with Gasteiger partial charge >= 0.3 is 0 Å². The molecule has 0 bridgehead atoms. The minimum Gasteiger partial charge on any atom is -0.396 e. The van der Waals surface area contributed by atoms with Gasteiger partial charge in [-0.3, -0.25) is 0 Å². The highest BCUT2D eigenvalue weighted by Crippen LogP contribution is 2.40. The van der Waals surface area contributed by atoms with Gasteiger partial charge in [-0.2, -0.15) is 0 Å². The van der Waals surface area contributed by atoms with Crippen LogP contribution in [0.4, 0.5) is 11.4 Å². The van der Waals surface area contributed by atoms with Crippen LogP contribution in [-0.2, 0) is 0 Å². The Morgan fingerprint density at radius 2 is 1.89 bits per heavy atom. The lowest BCUT2D eigenvalue weighted by molar-refractivity contribution is -0.0145. The number of halogens is 1. The molecular weight excluding hydrogens is 260 g/mol. The predicted molar refractivity (Wildman–Crippen MR) is 81.6 cm³/mol. The molecule has 0 saturated heterocycles. The number of nitrogens with two attached hydrogens (primary N) is 1. The number of nitrogens with one attached hydrogen (secondary N) is 1. The highest BCUT2D eigenvalue weighted by atomic mass is 35.5. The van der Waals surface area contributed by atoms with Crippen LogP contribution in [0.5, 0.6) is 0 Å². The summed E-state index contributed by atoms with van der Waals surface area (Å²) >= 11 is 5.98. The van der Waals surface area contributed by atoms with E-state index in [1.54, 1.807) is 6.07 Å². The molecule has 0 atom stereocenters. The molecular formula is C15H23ClN2O. The number of aliphatic hydroxyl groups is 1. The maximum absolute atomic E-state index is 10.6. The van der Waals surface area contributed by atoms with Crippen LogP contribution < -0.4 is 11.1 Å². The van der Waals surface area contributed by atoms with Crippen LogP contribution in [0, 0.1) is 5.41 Å². The lowest BCUT2D eigenvalue weighted by Gasteiger charge is -2.40. The van der Waals surface area contributed by atoms with Crippen molar-refractivity contribution in [3.05, 3.63) is 23.2 Å². The summed E-state index contributed by atoms with van der Waals surface area (Å²) in [6.07, 6.45) is 3.76. The second-order valence-corrected chi connectivity index (χ2v) is 6.85. The Balaban J connectivity index is 1.97. The molecule has 106 valence electrons. The summed E-state index contributed by atoms with van der Waals surface area (Å²) in [6.45, 7) is 5.04. The van der Waals surface area contributed by atoms with Gasteiger partial charge in [-0.15, -0.1) is 0 Å². The molecule has 3 nitrogen and oxygen atoms in total. The first-order valence-corrected chi connectivity index (χ1v) is 7.19. The topological polar surface area (TPSA) is 58.3 Å². The summed E-state index contributed by atoms with van der Waals surface area (Å²) in [6, 6.07) is 5.51. The molecule has 1 aromatic rings. The molecule has 1 aliphatic carbocycles. The molecule has 4 N–H and O–H groups in total. The van der Waals surface area contributed by atoms with E-state index in [4.69, 9.17) is 17.3 Å². The summed E-state index contributed by atoms with van der Waals surface area (Å²) in [4.78, 5) is 0. The second-order valence-electron chi connectivity index (χ2n) is 6.44. The average molecular weight is 283 g/mol. The van der Waals surface area contributed by atoms with Crippen molar-refractivity contribution >= 4 is 23.0 Å². The van der Waals surface area contributed by atoms with E-state index in [9.17, 15) is 5.11 Å². The molecule has 19 heavy (non-hydrogen) atoms. The molecule has 1 saturated carbocycles. The number of benzene rings is 1. The van der Waals surface area contributed by atoms with Gasteiger partial charge in [-0.25, -0.2) is 0 Å². The molecule has 0 spiro atoms. The van der Waals surface area contributed by atoms with Gasteiger partial charge < -0.3 is 16.2 Å². The van der Waals surface area contributed by atoms with E-state index in [0.29, 0.717) is 22.7 Å². The van der Waals surface area contributed by atoms with E-state index in [-0.39, 0.29) is 0 Å². The number of anilines is 2. The monoisotopic (exact) mass is 282 g/mol. The third-order valence-corrected chi connectivity index (χ3v) is 4.52. The van der Waals surface area contributed by atoms with Gasteiger partial charge in [0.1, 0.15) is 0 Å². The number of para-hydroxylation sites is 1. The normalized spacial score (nSPS) is 21.1. The number of rotatable bonds is 3. The molecule has 1 fully saturated rings. The summed E-state index contributed by atoms with van der Waals surface area (Å²) in [5.41, 5.74) is 6.96. The predicted octanol–water partition coefficient (Wildman–Crippen LogP) is 3.67. The van der Waals surface area contributed by atoms with Gasteiger partial charge in [0.2, 0.25) is 0 Å². The number of nitrogen functional groups attached to an aromatic ring is 1. The fourth-order valence-electron chi connectivity index (χ4n) is 2.52. The summed E-state index contributed by atoms with van der Waals surface area (Å²) in [5, 5.41) is 14.4. The maximum Gasteiger partial charge on any atom is 0.0819 e. The molecule has 0 radical (unpaired) electrons. The first-order valence-electron chi connectivity index (χ1n) is 6.82. The van der Waals surface area contributed by atoms with Gasteiger partial charge in [-0.05, 0) is 43.2 Å². The third-order valence-electron chi connectivity index (χ3n) is 4.20. The largest absolute Gasteiger partial charge is 0.396 e. The Hall–Kier alpha value is -0.930. The van der Waals surface area contributed by atoms with Crippen LogP contribution in [0.1, 0.15) is 39.5 Å². The molecule has 0 aromatic heterocycles. The molecule has 1 aromatic carbocycles. The van der Waals surface area contributed by atoms with Crippen molar-refractivity contribution in [2.75, 3.05) is 17.6 Å². The average Bonchev–Trinajstić information content (AvgIpc) is 2.36. The molecule has 1 aliphatic rings. The first-order chi connectivity index (χ1) is 8.81. The zero-order valence-corrected chi connectivity index (χ0v) is 12.4. The smallest absolute Gasteiger partial charge is 0.0819 e. The van der Waals surface area contributed by atoms with Crippen molar-refractivity contribution < 1.29 is 5.11 Å². The fraction of sp³-hybridized carbons (Fsp3) is 0.600. The van der Waals surface area contributed by atoms with Gasteiger partial charge in [0, 0.05) is 6.54 Å². The molecule has 2 rings (SSSR count). The van der Waals surface area contributed by atoms with Crippen LogP contribution in [0.3, 0.4) is 0 Å². The van der Waals surface area contributed by atoms with Crippen LogP contribution in [-0.4, -0.2) is 17.3 Å². The minimum absolute atomic E-state index is 0.349. The highest BCUT2D eigenvalue weighted by Gasteiger charge is 2.36. The van der Waals surface area contributed by atoms with Crippen molar-refractivity contribution in [2.24, 2.45) is 5.41 Å². The van der Waals surface area contributed by atoms with Gasteiger partial charge in [0.05, 0.1) is 22.0 Å². The van der Waals surface area contributed by atoms with E-state index in [2.05, 4.69) is 19.2 Å². The number of hydrogen-bond donors (Lipinski definition) is 3. The Kier molecular flexibility index (Phi) is 3.98. The second kappa shape index (κ2) is 5.22. The molecule has 0 heterocycles. The Morgan fingerprint density at radius 1 is 1.26 bits per heavy atom. The van der Waals surface area contributed by atoms with Gasteiger partial charge in [0.25, 0.3) is 0 Å². The highest BCUT2D eigenvalue weighted by molar-refractivity contribution is 6.33. The Labute approximate surface area is 120 Å². The van der Waals surface area contributed by atoms with Crippen molar-refractivity contribution in [3.63, 3.8) is 0 Å². The van der Waals surface area contributed by atoms with Crippen LogP contribution in [0.15, 0.2) is 18.2 Å². The maximum atomic E-state index is 10.6. The van der Waals surface area contributed by atoms with E-state index in [1.807, 2.05) is 12.1 Å². The van der Waals surface area contributed by atoms with Gasteiger partial charge in [0.15, 0.2) is 0 Å². The molecule has 4 heteroatoms. The summed E-state index contributed by atoms with van der Waals surface area (Å²) in [7, 11) is 0. The van der Waals surface area contributed by atoms with E-state index < -0.39 is 5.60 Å². The lowest BCUT2D eigenvalue weighted by atomic mass is 9.71. The molecule has 0 amide bonds. The Morgan fingerprint density at radius 3 is 2.53 bits per heavy atom. The standard InChI is InChI=1S/C15H23ClN2O/c1-14(2)6-8-15(19,9-7-14)10-18-12-5-3-4-11(16)13(12)17/h3-5,18-19H,6-10,17H2,1-2H3. The zero-order chi connectivity index (χ0) is 14.1. The summed E-state index contributed by atoms with van der Waals surface area (Å²) < 4.78 is 0. The van der Waals surface area contributed by atoms with E-state index in [0.717, 1.165) is 31.4 Å². The number of hydrogen-bond acceptors (Lipinski definition) is 3. The van der Waals surface area contributed by atoms with E-state index >= 15 is 0 Å². The van der Waals surface area contributed by atoms with E-state index in [1.165, 1.54) is 0 Å².